The quantitative estimate of drug-likeness (QED) is 0.250. The first-order chi connectivity index (χ1) is 11.9. The normalized spacial score (nSPS) is 11.1. The Kier molecular flexibility index (Phi) is 13.1. The summed E-state index contributed by atoms with van der Waals surface area (Å²) in [6.07, 6.45) is 2.51. The number of nitrogens with zero attached hydrogens (tertiary/aromatic N) is 2. The van der Waals surface area contributed by atoms with Gasteiger partial charge in [-0.15, -0.1) is 24.0 Å². The Hall–Kier alpha value is -1.31. The van der Waals surface area contributed by atoms with Gasteiger partial charge in [0.2, 0.25) is 5.91 Å². The van der Waals surface area contributed by atoms with E-state index in [0.717, 1.165) is 31.9 Å². The first-order valence-electron chi connectivity index (χ1n) is 9.25. The predicted octanol–water partition coefficient (Wildman–Crippen LogP) is 3.39. The fraction of sp³-hybridized carbons (Fsp3) is 0.600. The molecule has 0 aliphatic carbocycles. The highest BCUT2D eigenvalue weighted by molar-refractivity contribution is 14.0. The number of guanidine groups is 1. The van der Waals surface area contributed by atoms with E-state index in [1.807, 2.05) is 6.92 Å². The first-order valence-corrected chi connectivity index (χ1v) is 9.25. The number of aliphatic imine (C=N–C) groups is 1. The second-order valence-corrected chi connectivity index (χ2v) is 6.73. The van der Waals surface area contributed by atoms with Crippen molar-refractivity contribution in [2.75, 3.05) is 33.7 Å². The molecule has 148 valence electrons. The van der Waals surface area contributed by atoms with Gasteiger partial charge in [0.1, 0.15) is 0 Å². The van der Waals surface area contributed by atoms with Crippen molar-refractivity contribution in [2.45, 2.75) is 46.0 Å². The summed E-state index contributed by atoms with van der Waals surface area (Å²) in [5, 5.41) is 6.43. The lowest BCUT2D eigenvalue weighted by Gasteiger charge is -2.13. The molecule has 2 N–H and O–H groups in total. The average molecular weight is 474 g/mol. The number of rotatable bonds is 9. The number of nitrogens with one attached hydrogen (secondary N) is 2. The van der Waals surface area contributed by atoms with E-state index in [0.29, 0.717) is 18.9 Å². The zero-order chi connectivity index (χ0) is 18.7. The number of carbonyl (C=O) groups excluding carboxylic acids is 1. The summed E-state index contributed by atoms with van der Waals surface area (Å²) in [6.45, 7) is 8.64. The third-order valence-electron chi connectivity index (χ3n) is 4.01. The molecule has 0 aliphatic rings. The summed E-state index contributed by atoms with van der Waals surface area (Å²) in [4.78, 5) is 17.8. The lowest BCUT2D eigenvalue weighted by molar-refractivity contribution is -0.128. The molecule has 0 spiro atoms. The number of aryl methyl sites for hydroxylation is 1. The molecule has 1 aromatic carbocycles. The molecule has 1 rings (SSSR count). The topological polar surface area (TPSA) is 56.7 Å². The van der Waals surface area contributed by atoms with E-state index in [9.17, 15) is 4.79 Å². The highest BCUT2D eigenvalue weighted by atomic mass is 127. The van der Waals surface area contributed by atoms with E-state index in [1.54, 1.807) is 19.0 Å². The van der Waals surface area contributed by atoms with Gasteiger partial charge in [-0.2, -0.15) is 0 Å². The smallest absolute Gasteiger partial charge is 0.223 e. The fourth-order valence-electron chi connectivity index (χ4n) is 2.40. The Morgan fingerprint density at radius 2 is 1.81 bits per heavy atom. The van der Waals surface area contributed by atoms with Gasteiger partial charge in [0.15, 0.2) is 5.96 Å². The highest BCUT2D eigenvalue weighted by Gasteiger charge is 2.04. The molecule has 1 aromatic rings. The van der Waals surface area contributed by atoms with Crippen LogP contribution in [-0.4, -0.2) is 50.5 Å². The van der Waals surface area contributed by atoms with Crippen molar-refractivity contribution in [2.24, 2.45) is 4.99 Å². The zero-order valence-corrected chi connectivity index (χ0v) is 19.2. The van der Waals surface area contributed by atoms with Gasteiger partial charge in [0, 0.05) is 40.2 Å². The van der Waals surface area contributed by atoms with Crippen LogP contribution in [0.15, 0.2) is 29.3 Å². The number of carbonyl (C=O) groups is 1. The van der Waals surface area contributed by atoms with Crippen LogP contribution in [0.1, 0.15) is 50.7 Å². The molecule has 0 aromatic heterocycles. The molecule has 1 amide bonds. The lowest BCUT2D eigenvalue weighted by atomic mass is 10.0. The van der Waals surface area contributed by atoms with Gasteiger partial charge >= 0.3 is 0 Å². The highest BCUT2D eigenvalue weighted by Crippen LogP contribution is 2.15. The predicted molar refractivity (Wildman–Crippen MR) is 122 cm³/mol. The van der Waals surface area contributed by atoms with Crippen LogP contribution in [0.4, 0.5) is 0 Å². The summed E-state index contributed by atoms with van der Waals surface area (Å²) in [6, 6.07) is 8.87. The van der Waals surface area contributed by atoms with Gasteiger partial charge in [-0.3, -0.25) is 9.79 Å². The van der Waals surface area contributed by atoms with Crippen molar-refractivity contribution in [3.05, 3.63) is 35.4 Å². The Balaban J connectivity index is 0.00000625. The van der Waals surface area contributed by atoms with Crippen LogP contribution in [-0.2, 0) is 11.2 Å². The third-order valence-corrected chi connectivity index (χ3v) is 4.01. The van der Waals surface area contributed by atoms with Crippen LogP contribution in [0.2, 0.25) is 0 Å². The van der Waals surface area contributed by atoms with Crippen LogP contribution in [0.3, 0.4) is 0 Å². The van der Waals surface area contributed by atoms with E-state index in [1.165, 1.54) is 11.1 Å². The van der Waals surface area contributed by atoms with Crippen molar-refractivity contribution < 1.29 is 4.79 Å². The van der Waals surface area contributed by atoms with Crippen LogP contribution in [0, 0.1) is 0 Å². The molecule has 0 radical (unpaired) electrons. The van der Waals surface area contributed by atoms with E-state index >= 15 is 0 Å². The van der Waals surface area contributed by atoms with Crippen molar-refractivity contribution in [3.63, 3.8) is 0 Å². The first kappa shape index (κ1) is 24.7. The maximum Gasteiger partial charge on any atom is 0.223 e. The molecule has 0 fully saturated rings. The third kappa shape index (κ3) is 9.99. The fourth-order valence-corrected chi connectivity index (χ4v) is 2.40. The average Bonchev–Trinajstić information content (AvgIpc) is 2.58. The van der Waals surface area contributed by atoms with E-state index in [-0.39, 0.29) is 29.9 Å². The standard InChI is InChI=1S/C20H34N4O.HI/c1-6-21-20(23-15-13-19(25)24(4)5)22-14-7-8-17-9-11-18(12-10-17)16(2)3;/h9-12,16H,6-8,13-15H2,1-5H3,(H2,21,22,23);1H. The molecule has 0 unspecified atom stereocenters. The SMILES string of the molecule is CCNC(=NCCCc1ccc(C(C)C)cc1)NCCC(=O)N(C)C.I. The molecule has 0 saturated heterocycles. The number of benzene rings is 1. The largest absolute Gasteiger partial charge is 0.357 e. The lowest BCUT2D eigenvalue weighted by Crippen LogP contribution is -2.39. The summed E-state index contributed by atoms with van der Waals surface area (Å²) in [5.41, 5.74) is 2.74. The van der Waals surface area contributed by atoms with Crippen LogP contribution in [0.5, 0.6) is 0 Å². The minimum absolute atomic E-state index is 0. The number of amides is 1. The Labute approximate surface area is 176 Å². The van der Waals surface area contributed by atoms with E-state index in [2.05, 4.69) is 53.7 Å². The molecule has 26 heavy (non-hydrogen) atoms. The number of hydrogen-bond acceptors (Lipinski definition) is 2. The van der Waals surface area contributed by atoms with Crippen LogP contribution >= 0.6 is 24.0 Å². The Morgan fingerprint density at radius 1 is 1.15 bits per heavy atom. The molecular weight excluding hydrogens is 439 g/mol. The van der Waals surface area contributed by atoms with Gasteiger partial charge in [0.05, 0.1) is 0 Å². The van der Waals surface area contributed by atoms with Crippen molar-refractivity contribution in [1.82, 2.24) is 15.5 Å². The minimum atomic E-state index is 0. The molecule has 0 atom stereocenters. The molecule has 6 heteroatoms. The van der Waals surface area contributed by atoms with Crippen LogP contribution < -0.4 is 10.6 Å². The van der Waals surface area contributed by atoms with Crippen LogP contribution in [0.25, 0.3) is 0 Å². The maximum absolute atomic E-state index is 11.6. The monoisotopic (exact) mass is 474 g/mol. The Bertz CT molecular complexity index is 541. The maximum atomic E-state index is 11.6. The van der Waals surface area contributed by atoms with Crippen molar-refractivity contribution >= 4 is 35.8 Å². The molecule has 5 nitrogen and oxygen atoms in total. The molecule has 0 aliphatic heterocycles. The number of halogens is 1. The summed E-state index contributed by atoms with van der Waals surface area (Å²) in [7, 11) is 3.55. The summed E-state index contributed by atoms with van der Waals surface area (Å²) < 4.78 is 0. The zero-order valence-electron chi connectivity index (χ0n) is 16.8. The second kappa shape index (κ2) is 13.8. The molecular formula is C20H35IN4O. The molecule has 0 bridgehead atoms. The van der Waals surface area contributed by atoms with E-state index in [4.69, 9.17) is 0 Å². The Morgan fingerprint density at radius 3 is 2.35 bits per heavy atom. The summed E-state index contributed by atoms with van der Waals surface area (Å²) >= 11 is 0. The van der Waals surface area contributed by atoms with Gasteiger partial charge in [0.25, 0.3) is 0 Å². The number of hydrogen-bond donors (Lipinski definition) is 2. The second-order valence-electron chi connectivity index (χ2n) is 6.73. The van der Waals surface area contributed by atoms with Gasteiger partial charge in [-0.25, -0.2) is 0 Å². The van der Waals surface area contributed by atoms with Gasteiger partial charge < -0.3 is 15.5 Å². The van der Waals surface area contributed by atoms with Crippen molar-refractivity contribution in [1.29, 1.82) is 0 Å². The minimum Gasteiger partial charge on any atom is -0.357 e. The molecule has 0 heterocycles. The van der Waals surface area contributed by atoms with Gasteiger partial charge in [-0.1, -0.05) is 38.1 Å². The molecule has 0 saturated carbocycles. The summed E-state index contributed by atoms with van der Waals surface area (Å²) in [5.74, 6) is 1.48. The van der Waals surface area contributed by atoms with Crippen molar-refractivity contribution in [3.8, 4) is 0 Å². The van der Waals surface area contributed by atoms with Gasteiger partial charge in [-0.05, 0) is 36.8 Å². The van der Waals surface area contributed by atoms with E-state index < -0.39 is 0 Å².